The van der Waals surface area contributed by atoms with Gasteiger partial charge in [-0.2, -0.15) is 0 Å². The van der Waals surface area contributed by atoms with Gasteiger partial charge in [-0.3, -0.25) is 4.98 Å². The number of aromatic nitrogens is 2. The Kier molecular flexibility index (Phi) is 4.38. The highest BCUT2D eigenvalue weighted by molar-refractivity contribution is 7.09. The van der Waals surface area contributed by atoms with Crippen LogP contribution in [0.4, 0.5) is 4.79 Å². The van der Waals surface area contributed by atoms with E-state index in [2.05, 4.69) is 20.6 Å². The van der Waals surface area contributed by atoms with Crippen LogP contribution in [0, 0.1) is 19.8 Å². The molecule has 6 heteroatoms. The lowest BCUT2D eigenvalue weighted by atomic mass is 10.2. The molecule has 2 aromatic rings. The van der Waals surface area contributed by atoms with Gasteiger partial charge in [-0.15, -0.1) is 11.3 Å². The molecule has 3 rings (SSSR count). The van der Waals surface area contributed by atoms with Gasteiger partial charge in [0.05, 0.1) is 18.3 Å². The van der Waals surface area contributed by atoms with Crippen molar-refractivity contribution in [3.05, 3.63) is 45.7 Å². The number of thiazole rings is 1. The minimum Gasteiger partial charge on any atom is -0.332 e. The minimum atomic E-state index is -0.158. The SMILES string of the molecule is Cc1csc(C(NC(=O)NCc2ncccc2C)C2CC2)n1. The molecule has 0 spiro atoms. The van der Waals surface area contributed by atoms with Crippen LogP contribution in [0.1, 0.15) is 40.8 Å². The lowest BCUT2D eigenvalue weighted by Gasteiger charge is -2.16. The molecule has 5 nitrogen and oxygen atoms in total. The summed E-state index contributed by atoms with van der Waals surface area (Å²) in [5.74, 6) is 0.521. The summed E-state index contributed by atoms with van der Waals surface area (Å²) >= 11 is 1.62. The van der Waals surface area contributed by atoms with Crippen LogP contribution < -0.4 is 10.6 Å². The lowest BCUT2D eigenvalue weighted by molar-refractivity contribution is 0.235. The molecule has 2 heterocycles. The van der Waals surface area contributed by atoms with Crippen molar-refractivity contribution in [2.75, 3.05) is 0 Å². The Balaban J connectivity index is 1.59. The van der Waals surface area contributed by atoms with E-state index >= 15 is 0 Å². The molecule has 0 radical (unpaired) electrons. The van der Waals surface area contributed by atoms with E-state index in [1.165, 1.54) is 0 Å². The molecule has 1 aliphatic rings. The van der Waals surface area contributed by atoms with Crippen molar-refractivity contribution in [3.63, 3.8) is 0 Å². The van der Waals surface area contributed by atoms with Crippen LogP contribution in [0.15, 0.2) is 23.7 Å². The van der Waals surface area contributed by atoms with E-state index in [4.69, 9.17) is 0 Å². The highest BCUT2D eigenvalue weighted by Gasteiger charge is 2.35. The first-order chi connectivity index (χ1) is 10.6. The summed E-state index contributed by atoms with van der Waals surface area (Å²) in [4.78, 5) is 21.0. The fourth-order valence-electron chi connectivity index (χ4n) is 2.39. The van der Waals surface area contributed by atoms with Gasteiger partial charge in [0.1, 0.15) is 5.01 Å². The molecule has 0 aromatic carbocycles. The number of hydrogen-bond acceptors (Lipinski definition) is 4. The van der Waals surface area contributed by atoms with E-state index in [1.54, 1.807) is 17.5 Å². The van der Waals surface area contributed by atoms with Crippen LogP contribution in [0.2, 0.25) is 0 Å². The average Bonchev–Trinajstić information content (AvgIpc) is 3.25. The van der Waals surface area contributed by atoms with E-state index in [0.717, 1.165) is 34.8 Å². The summed E-state index contributed by atoms with van der Waals surface area (Å²) < 4.78 is 0. The number of nitrogens with one attached hydrogen (secondary N) is 2. The maximum Gasteiger partial charge on any atom is 0.315 e. The Morgan fingerprint density at radius 2 is 2.27 bits per heavy atom. The number of carbonyl (C=O) groups is 1. The van der Waals surface area contributed by atoms with Crippen LogP contribution in [-0.4, -0.2) is 16.0 Å². The third-order valence-corrected chi connectivity index (χ3v) is 4.86. The Labute approximate surface area is 134 Å². The average molecular weight is 316 g/mol. The maximum absolute atomic E-state index is 12.2. The molecule has 2 aromatic heterocycles. The van der Waals surface area contributed by atoms with Crippen molar-refractivity contribution >= 4 is 17.4 Å². The molecule has 0 aliphatic heterocycles. The fraction of sp³-hybridized carbons (Fsp3) is 0.438. The number of amides is 2. The topological polar surface area (TPSA) is 66.9 Å². The molecule has 1 atom stereocenters. The first-order valence-corrected chi connectivity index (χ1v) is 8.38. The Hall–Kier alpha value is -1.95. The Bertz CT molecular complexity index is 666. The van der Waals surface area contributed by atoms with E-state index < -0.39 is 0 Å². The number of nitrogens with zero attached hydrogens (tertiary/aromatic N) is 2. The zero-order valence-electron chi connectivity index (χ0n) is 12.8. The second-order valence-electron chi connectivity index (χ2n) is 5.74. The second kappa shape index (κ2) is 6.44. The zero-order valence-corrected chi connectivity index (χ0v) is 13.6. The van der Waals surface area contributed by atoms with Crippen molar-refractivity contribution in [1.29, 1.82) is 0 Å². The van der Waals surface area contributed by atoms with Crippen molar-refractivity contribution in [1.82, 2.24) is 20.6 Å². The number of carbonyl (C=O) groups excluding carboxylic acids is 1. The fourth-order valence-corrected chi connectivity index (χ4v) is 3.32. The van der Waals surface area contributed by atoms with Crippen LogP contribution in [0.25, 0.3) is 0 Å². The third-order valence-electron chi connectivity index (χ3n) is 3.82. The summed E-state index contributed by atoms with van der Waals surface area (Å²) in [6.07, 6.45) is 4.05. The molecule has 2 N–H and O–H groups in total. The van der Waals surface area contributed by atoms with E-state index in [9.17, 15) is 4.79 Å². The highest BCUT2D eigenvalue weighted by atomic mass is 32.1. The predicted octanol–water partition coefficient (Wildman–Crippen LogP) is 3.11. The summed E-state index contributed by atoms with van der Waals surface area (Å²) in [5.41, 5.74) is 2.99. The van der Waals surface area contributed by atoms with Crippen LogP contribution in [0.5, 0.6) is 0 Å². The number of rotatable bonds is 5. The minimum absolute atomic E-state index is 0.0310. The molecule has 1 fully saturated rings. The van der Waals surface area contributed by atoms with Gasteiger partial charge in [0, 0.05) is 17.3 Å². The molecule has 1 saturated carbocycles. The van der Waals surface area contributed by atoms with Crippen LogP contribution >= 0.6 is 11.3 Å². The molecule has 2 amide bonds. The summed E-state index contributed by atoms with van der Waals surface area (Å²) in [5, 5.41) is 9.00. The largest absolute Gasteiger partial charge is 0.332 e. The van der Waals surface area contributed by atoms with Gasteiger partial charge in [0.2, 0.25) is 0 Å². The highest BCUT2D eigenvalue weighted by Crippen LogP contribution is 2.41. The maximum atomic E-state index is 12.2. The Morgan fingerprint density at radius 3 is 2.91 bits per heavy atom. The normalized spacial score (nSPS) is 15.4. The van der Waals surface area contributed by atoms with Gasteiger partial charge >= 0.3 is 6.03 Å². The molecular weight excluding hydrogens is 296 g/mol. The summed E-state index contributed by atoms with van der Waals surface area (Å²) in [7, 11) is 0. The van der Waals surface area contributed by atoms with E-state index in [-0.39, 0.29) is 12.1 Å². The summed E-state index contributed by atoms with van der Waals surface area (Å²) in [6.45, 7) is 4.41. The van der Waals surface area contributed by atoms with Gasteiger partial charge in [0.25, 0.3) is 0 Å². The summed E-state index contributed by atoms with van der Waals surface area (Å²) in [6, 6.07) is 3.76. The first kappa shape index (κ1) is 15.0. The molecular formula is C16H20N4OS. The molecule has 0 saturated heterocycles. The van der Waals surface area contributed by atoms with Crippen molar-refractivity contribution < 1.29 is 4.79 Å². The van der Waals surface area contributed by atoms with E-state index in [0.29, 0.717) is 12.5 Å². The van der Waals surface area contributed by atoms with Gasteiger partial charge in [-0.1, -0.05) is 6.07 Å². The second-order valence-corrected chi connectivity index (χ2v) is 6.63. The number of aryl methyl sites for hydroxylation is 2. The van der Waals surface area contributed by atoms with Gasteiger partial charge in [-0.05, 0) is 44.2 Å². The number of hydrogen-bond donors (Lipinski definition) is 2. The third kappa shape index (κ3) is 3.62. The lowest BCUT2D eigenvalue weighted by Crippen LogP contribution is -2.38. The number of urea groups is 1. The monoisotopic (exact) mass is 316 g/mol. The smallest absolute Gasteiger partial charge is 0.315 e. The van der Waals surface area contributed by atoms with E-state index in [1.807, 2.05) is 31.4 Å². The van der Waals surface area contributed by atoms with Gasteiger partial charge in [-0.25, -0.2) is 9.78 Å². The van der Waals surface area contributed by atoms with Crippen LogP contribution in [-0.2, 0) is 6.54 Å². The van der Waals surface area contributed by atoms with Crippen molar-refractivity contribution in [2.45, 2.75) is 39.3 Å². The van der Waals surface area contributed by atoms with Gasteiger partial charge in [0.15, 0.2) is 0 Å². The Morgan fingerprint density at radius 1 is 1.45 bits per heavy atom. The first-order valence-electron chi connectivity index (χ1n) is 7.50. The standard InChI is InChI=1S/C16H20N4OS/c1-10-4-3-7-17-13(10)8-18-16(21)20-14(12-5-6-12)15-19-11(2)9-22-15/h3-4,7,9,12,14H,5-6,8H2,1-2H3,(H2,18,20,21). The zero-order chi connectivity index (χ0) is 15.5. The predicted molar refractivity (Wildman–Crippen MR) is 86.7 cm³/mol. The van der Waals surface area contributed by atoms with Crippen LogP contribution in [0.3, 0.4) is 0 Å². The quantitative estimate of drug-likeness (QED) is 0.890. The molecule has 1 unspecified atom stereocenters. The van der Waals surface area contributed by atoms with Crippen molar-refractivity contribution in [2.24, 2.45) is 5.92 Å². The molecule has 116 valence electrons. The molecule has 22 heavy (non-hydrogen) atoms. The number of pyridine rings is 1. The molecule has 1 aliphatic carbocycles. The molecule has 0 bridgehead atoms. The van der Waals surface area contributed by atoms with Crippen molar-refractivity contribution in [3.8, 4) is 0 Å². The van der Waals surface area contributed by atoms with Gasteiger partial charge < -0.3 is 10.6 Å².